The zero-order valence-electron chi connectivity index (χ0n) is 16.8. The van der Waals surface area contributed by atoms with Gasteiger partial charge in [0.05, 0.1) is 6.54 Å². The molecule has 29 heavy (non-hydrogen) atoms. The number of rotatable bonds is 6. The summed E-state index contributed by atoms with van der Waals surface area (Å²) in [7, 11) is 1.70. The Balaban J connectivity index is 1.96. The summed E-state index contributed by atoms with van der Waals surface area (Å²) in [6, 6.07) is 15.7. The Morgan fingerprint density at radius 2 is 1.86 bits per heavy atom. The number of amides is 3. The molecule has 3 amide bonds. The van der Waals surface area contributed by atoms with Gasteiger partial charge in [-0.1, -0.05) is 42.5 Å². The number of carbonyl (C=O) groups excluding carboxylic acids is 3. The number of hydrogen-bond donors (Lipinski definition) is 1. The van der Waals surface area contributed by atoms with Crippen LogP contribution in [0.1, 0.15) is 31.1 Å². The first-order chi connectivity index (χ1) is 13.9. The molecule has 0 radical (unpaired) electrons. The topological polar surface area (TPSA) is 79.0 Å². The van der Waals surface area contributed by atoms with Crippen molar-refractivity contribution in [2.45, 2.75) is 32.5 Å². The summed E-state index contributed by atoms with van der Waals surface area (Å²) >= 11 is 0. The van der Waals surface area contributed by atoms with Crippen LogP contribution in [0.15, 0.2) is 54.6 Å². The first kappa shape index (κ1) is 20.4. The quantitative estimate of drug-likeness (QED) is 0.815. The third-order valence-electron chi connectivity index (χ3n) is 4.92. The molecule has 1 saturated heterocycles. The number of cyclic esters (lactones) is 1. The molecular weight excluding hydrogens is 370 g/mol. The lowest BCUT2D eigenvalue weighted by atomic mass is 9.99. The number of carbonyl (C=O) groups is 3. The zero-order chi connectivity index (χ0) is 21.0. The van der Waals surface area contributed by atoms with Crippen molar-refractivity contribution in [3.05, 3.63) is 65.7 Å². The molecule has 2 unspecified atom stereocenters. The maximum Gasteiger partial charge on any atom is 0.411 e. The smallest absolute Gasteiger partial charge is 0.411 e. The fraction of sp³-hybridized carbons (Fsp3) is 0.318. The standard InChI is InChI=1S/C22H25N3O4/c1-4-24(3)21(27)19-20(17-11-8-12-18(13-17)23-15(2)26)29-22(28)25(19)14-16-9-6-5-7-10-16/h5-13,19-20H,4,14H2,1-3H3,(H,23,26). The molecule has 1 heterocycles. The molecule has 152 valence electrons. The van der Waals surface area contributed by atoms with Crippen LogP contribution in [-0.2, 0) is 20.9 Å². The zero-order valence-corrected chi connectivity index (χ0v) is 16.8. The Morgan fingerprint density at radius 3 is 2.52 bits per heavy atom. The van der Waals surface area contributed by atoms with Gasteiger partial charge in [0.25, 0.3) is 0 Å². The van der Waals surface area contributed by atoms with Crippen molar-refractivity contribution in [3.63, 3.8) is 0 Å². The van der Waals surface area contributed by atoms with Gasteiger partial charge < -0.3 is 15.0 Å². The second-order valence-corrected chi connectivity index (χ2v) is 7.02. The molecule has 0 spiro atoms. The van der Waals surface area contributed by atoms with Gasteiger partial charge >= 0.3 is 6.09 Å². The number of hydrogen-bond acceptors (Lipinski definition) is 4. The van der Waals surface area contributed by atoms with Crippen LogP contribution in [0, 0.1) is 0 Å². The summed E-state index contributed by atoms with van der Waals surface area (Å²) in [4.78, 5) is 40.3. The number of nitrogens with one attached hydrogen (secondary N) is 1. The minimum Gasteiger partial charge on any atom is -0.438 e. The molecule has 0 aromatic heterocycles. The van der Waals surface area contributed by atoms with Crippen LogP contribution < -0.4 is 5.32 Å². The van der Waals surface area contributed by atoms with E-state index in [4.69, 9.17) is 4.74 Å². The molecule has 3 rings (SSSR count). The van der Waals surface area contributed by atoms with Gasteiger partial charge in [-0.25, -0.2) is 4.79 Å². The maximum atomic E-state index is 13.2. The minimum atomic E-state index is -0.791. The molecule has 2 aromatic carbocycles. The Bertz CT molecular complexity index is 900. The highest BCUT2D eigenvalue weighted by molar-refractivity contribution is 5.90. The van der Waals surface area contributed by atoms with Crippen molar-refractivity contribution in [1.82, 2.24) is 9.80 Å². The van der Waals surface area contributed by atoms with Crippen LogP contribution in [0.3, 0.4) is 0 Å². The van der Waals surface area contributed by atoms with Gasteiger partial charge in [-0.05, 0) is 30.2 Å². The van der Waals surface area contributed by atoms with Crippen molar-refractivity contribution in [1.29, 1.82) is 0 Å². The number of anilines is 1. The second-order valence-electron chi connectivity index (χ2n) is 7.02. The van der Waals surface area contributed by atoms with E-state index in [1.54, 1.807) is 36.2 Å². The summed E-state index contributed by atoms with van der Waals surface area (Å²) in [5.74, 6) is -0.390. The van der Waals surface area contributed by atoms with Crippen LogP contribution in [-0.4, -0.2) is 47.3 Å². The predicted octanol–water partition coefficient (Wildman–Crippen LogP) is 3.19. The highest BCUT2D eigenvalue weighted by Gasteiger charge is 2.47. The fourth-order valence-electron chi connectivity index (χ4n) is 3.35. The van der Waals surface area contributed by atoms with Crippen molar-refractivity contribution < 1.29 is 19.1 Å². The Morgan fingerprint density at radius 1 is 1.14 bits per heavy atom. The van der Waals surface area contributed by atoms with Gasteiger partial charge in [0.15, 0.2) is 12.1 Å². The molecule has 7 heteroatoms. The molecule has 7 nitrogen and oxygen atoms in total. The van der Waals surface area contributed by atoms with E-state index < -0.39 is 18.2 Å². The van der Waals surface area contributed by atoms with E-state index in [0.29, 0.717) is 17.8 Å². The van der Waals surface area contributed by atoms with Crippen molar-refractivity contribution in [3.8, 4) is 0 Å². The van der Waals surface area contributed by atoms with Crippen molar-refractivity contribution >= 4 is 23.6 Å². The summed E-state index contributed by atoms with van der Waals surface area (Å²) < 4.78 is 5.65. The van der Waals surface area contributed by atoms with Gasteiger partial charge in [-0.3, -0.25) is 14.5 Å². The van der Waals surface area contributed by atoms with E-state index in [0.717, 1.165) is 5.56 Å². The molecule has 1 fully saturated rings. The highest BCUT2D eigenvalue weighted by Crippen LogP contribution is 2.35. The normalized spacial score (nSPS) is 18.3. The summed E-state index contributed by atoms with van der Waals surface area (Å²) in [5, 5.41) is 2.72. The van der Waals surface area contributed by atoms with Gasteiger partial charge in [0.2, 0.25) is 11.8 Å². The highest BCUT2D eigenvalue weighted by atomic mass is 16.6. The molecule has 1 aliphatic rings. The molecule has 0 saturated carbocycles. The fourth-order valence-corrected chi connectivity index (χ4v) is 3.35. The maximum absolute atomic E-state index is 13.2. The third-order valence-corrected chi connectivity index (χ3v) is 4.92. The first-order valence-corrected chi connectivity index (χ1v) is 9.54. The van der Waals surface area contributed by atoms with E-state index in [2.05, 4.69) is 5.32 Å². The van der Waals surface area contributed by atoms with Crippen LogP contribution in [0.25, 0.3) is 0 Å². The largest absolute Gasteiger partial charge is 0.438 e. The molecule has 0 bridgehead atoms. The lowest BCUT2D eigenvalue weighted by molar-refractivity contribution is -0.135. The monoisotopic (exact) mass is 395 g/mol. The van der Waals surface area contributed by atoms with Crippen LogP contribution in [0.5, 0.6) is 0 Å². The number of nitrogens with zero attached hydrogens (tertiary/aromatic N) is 2. The van der Waals surface area contributed by atoms with Crippen LogP contribution >= 0.6 is 0 Å². The van der Waals surface area contributed by atoms with E-state index in [1.165, 1.54) is 11.8 Å². The van der Waals surface area contributed by atoms with E-state index >= 15 is 0 Å². The molecule has 1 aliphatic heterocycles. The Hall–Kier alpha value is -3.35. The number of benzene rings is 2. The number of likely N-dealkylation sites (N-methyl/N-ethyl adjacent to an activating group) is 1. The predicted molar refractivity (Wildman–Crippen MR) is 109 cm³/mol. The van der Waals surface area contributed by atoms with E-state index in [1.807, 2.05) is 37.3 Å². The molecule has 1 N–H and O–H groups in total. The van der Waals surface area contributed by atoms with Gasteiger partial charge in [0.1, 0.15) is 0 Å². The lowest BCUT2D eigenvalue weighted by Crippen LogP contribution is -2.46. The molecule has 0 aliphatic carbocycles. The molecule has 2 aromatic rings. The van der Waals surface area contributed by atoms with E-state index in [9.17, 15) is 14.4 Å². The van der Waals surface area contributed by atoms with Crippen molar-refractivity contribution in [2.75, 3.05) is 18.9 Å². The molecule has 2 atom stereocenters. The second kappa shape index (κ2) is 8.77. The third kappa shape index (κ3) is 4.56. The minimum absolute atomic E-state index is 0.191. The van der Waals surface area contributed by atoms with Crippen LogP contribution in [0.2, 0.25) is 0 Å². The average molecular weight is 395 g/mol. The van der Waals surface area contributed by atoms with Gasteiger partial charge in [-0.2, -0.15) is 0 Å². The summed E-state index contributed by atoms with van der Waals surface area (Å²) in [6.45, 7) is 4.09. The SMILES string of the molecule is CCN(C)C(=O)C1C(c2cccc(NC(C)=O)c2)OC(=O)N1Cc1ccccc1. The average Bonchev–Trinajstić information content (AvgIpc) is 3.03. The summed E-state index contributed by atoms with van der Waals surface area (Å²) in [5.41, 5.74) is 2.15. The Kier molecular flexibility index (Phi) is 6.16. The van der Waals surface area contributed by atoms with Gasteiger partial charge in [0, 0.05) is 26.2 Å². The number of ether oxygens (including phenoxy) is 1. The summed E-state index contributed by atoms with van der Waals surface area (Å²) in [6.07, 6.45) is -1.30. The Labute approximate surface area is 170 Å². The van der Waals surface area contributed by atoms with Crippen molar-refractivity contribution in [2.24, 2.45) is 0 Å². The van der Waals surface area contributed by atoms with E-state index in [-0.39, 0.29) is 18.4 Å². The first-order valence-electron chi connectivity index (χ1n) is 9.54. The molecular formula is C22H25N3O4. The lowest BCUT2D eigenvalue weighted by Gasteiger charge is -2.28. The van der Waals surface area contributed by atoms with Gasteiger partial charge in [-0.15, -0.1) is 0 Å². The van der Waals surface area contributed by atoms with Crippen LogP contribution in [0.4, 0.5) is 10.5 Å².